The summed E-state index contributed by atoms with van der Waals surface area (Å²) in [7, 11) is 1.91. The van der Waals surface area contributed by atoms with E-state index in [1.54, 1.807) is 11.3 Å². The lowest BCUT2D eigenvalue weighted by atomic mass is 10.0. The first-order valence-corrected chi connectivity index (χ1v) is 7.02. The summed E-state index contributed by atoms with van der Waals surface area (Å²) in [5.41, 5.74) is 1.29. The van der Waals surface area contributed by atoms with E-state index in [1.165, 1.54) is 10.4 Å². The summed E-state index contributed by atoms with van der Waals surface area (Å²) >= 11 is 1.73. The van der Waals surface area contributed by atoms with Crippen molar-refractivity contribution >= 4 is 17.2 Å². The van der Waals surface area contributed by atoms with Crippen molar-refractivity contribution in [3.05, 3.63) is 21.9 Å². The molecule has 3 nitrogen and oxygen atoms in total. The van der Waals surface area contributed by atoms with E-state index in [1.807, 2.05) is 11.9 Å². The molecular formula is C13H20N2OS. The van der Waals surface area contributed by atoms with E-state index in [2.05, 4.69) is 23.7 Å². The zero-order valence-corrected chi connectivity index (χ0v) is 11.3. The number of nitrogens with zero attached hydrogens (tertiary/aromatic N) is 1. The Morgan fingerprint density at radius 2 is 2.47 bits per heavy atom. The van der Waals surface area contributed by atoms with Crippen molar-refractivity contribution in [2.75, 3.05) is 20.1 Å². The number of hydrogen-bond acceptors (Lipinski definition) is 3. The van der Waals surface area contributed by atoms with Gasteiger partial charge in [-0.15, -0.1) is 11.3 Å². The highest BCUT2D eigenvalue weighted by molar-refractivity contribution is 7.10. The van der Waals surface area contributed by atoms with Gasteiger partial charge in [-0.25, -0.2) is 0 Å². The molecule has 0 aliphatic carbocycles. The fourth-order valence-electron chi connectivity index (χ4n) is 2.16. The molecule has 1 aromatic rings. The van der Waals surface area contributed by atoms with Gasteiger partial charge in [0, 0.05) is 18.3 Å². The Kier molecular flexibility index (Phi) is 4.18. The summed E-state index contributed by atoms with van der Waals surface area (Å²) in [4.78, 5) is 15.2. The molecule has 0 bridgehead atoms. The quantitative estimate of drug-likeness (QED) is 0.889. The number of thiophene rings is 1. The number of aryl methyl sites for hydroxylation is 1. The average molecular weight is 252 g/mol. The van der Waals surface area contributed by atoms with Crippen LogP contribution in [-0.4, -0.2) is 30.9 Å². The third-order valence-corrected chi connectivity index (χ3v) is 4.41. The zero-order chi connectivity index (χ0) is 12.3. The smallest absolute Gasteiger partial charge is 0.222 e. The number of rotatable bonds is 4. The molecule has 0 radical (unpaired) electrons. The van der Waals surface area contributed by atoms with Gasteiger partial charge >= 0.3 is 0 Å². The number of carbonyl (C=O) groups is 1. The van der Waals surface area contributed by atoms with Crippen molar-refractivity contribution in [1.82, 2.24) is 10.2 Å². The van der Waals surface area contributed by atoms with Gasteiger partial charge < -0.3 is 10.2 Å². The van der Waals surface area contributed by atoms with Gasteiger partial charge in [0.25, 0.3) is 0 Å². The Morgan fingerprint density at radius 3 is 3.06 bits per heavy atom. The monoisotopic (exact) mass is 252 g/mol. The van der Waals surface area contributed by atoms with Crippen LogP contribution in [0.25, 0.3) is 0 Å². The average Bonchev–Trinajstić information content (AvgIpc) is 2.91. The first-order valence-electron chi connectivity index (χ1n) is 6.14. The molecule has 1 N–H and O–H groups in total. The Hall–Kier alpha value is -0.870. The van der Waals surface area contributed by atoms with E-state index in [-0.39, 0.29) is 5.91 Å². The fraction of sp³-hybridized carbons (Fsp3) is 0.615. The minimum Gasteiger partial charge on any atom is -0.341 e. The molecule has 1 fully saturated rings. The maximum Gasteiger partial charge on any atom is 0.222 e. The Balaban J connectivity index is 1.84. The van der Waals surface area contributed by atoms with E-state index in [0.717, 1.165) is 26.1 Å². The number of carbonyl (C=O) groups excluding carboxylic acids is 1. The molecule has 1 atom stereocenters. The lowest BCUT2D eigenvalue weighted by Crippen LogP contribution is -2.28. The highest BCUT2D eigenvalue weighted by Gasteiger charge is 2.20. The van der Waals surface area contributed by atoms with Crippen molar-refractivity contribution < 1.29 is 4.79 Å². The largest absolute Gasteiger partial charge is 0.341 e. The van der Waals surface area contributed by atoms with Gasteiger partial charge in [0.2, 0.25) is 5.91 Å². The number of amides is 1. The van der Waals surface area contributed by atoms with Gasteiger partial charge in [-0.05, 0) is 49.4 Å². The van der Waals surface area contributed by atoms with E-state index in [4.69, 9.17) is 0 Å². The van der Waals surface area contributed by atoms with Crippen LogP contribution in [-0.2, 0) is 11.3 Å². The molecule has 0 saturated carbocycles. The summed E-state index contributed by atoms with van der Waals surface area (Å²) in [6, 6.07) is 2.11. The maximum atomic E-state index is 12.0. The van der Waals surface area contributed by atoms with Crippen LogP contribution in [0.3, 0.4) is 0 Å². The second-order valence-corrected chi connectivity index (χ2v) is 5.84. The van der Waals surface area contributed by atoms with Crippen molar-refractivity contribution in [3.8, 4) is 0 Å². The van der Waals surface area contributed by atoms with E-state index in [0.29, 0.717) is 12.3 Å². The lowest BCUT2D eigenvalue weighted by molar-refractivity contribution is -0.131. The normalized spacial score (nSPS) is 19.5. The molecule has 0 spiro atoms. The fourth-order valence-corrected chi connectivity index (χ4v) is 3.12. The number of nitrogens with one attached hydrogen (secondary N) is 1. The molecule has 4 heteroatoms. The van der Waals surface area contributed by atoms with Gasteiger partial charge in [-0.3, -0.25) is 4.79 Å². The van der Waals surface area contributed by atoms with Crippen molar-refractivity contribution in [3.63, 3.8) is 0 Å². The Morgan fingerprint density at radius 1 is 1.65 bits per heavy atom. The lowest BCUT2D eigenvalue weighted by Gasteiger charge is -2.18. The zero-order valence-electron chi connectivity index (χ0n) is 10.5. The highest BCUT2D eigenvalue weighted by Crippen LogP contribution is 2.19. The molecule has 2 heterocycles. The number of hydrogen-bond donors (Lipinski definition) is 1. The third-order valence-electron chi connectivity index (χ3n) is 3.40. The van der Waals surface area contributed by atoms with E-state index >= 15 is 0 Å². The van der Waals surface area contributed by atoms with Crippen LogP contribution in [0, 0.1) is 12.8 Å². The summed E-state index contributed by atoms with van der Waals surface area (Å²) in [5.74, 6) is 0.806. The summed E-state index contributed by atoms with van der Waals surface area (Å²) in [6.07, 6.45) is 1.82. The van der Waals surface area contributed by atoms with Crippen LogP contribution in [0.2, 0.25) is 0 Å². The third kappa shape index (κ3) is 3.30. The molecule has 1 aromatic heterocycles. The Bertz CT molecular complexity index is 383. The predicted molar refractivity (Wildman–Crippen MR) is 71.1 cm³/mol. The van der Waals surface area contributed by atoms with Crippen molar-refractivity contribution in [2.24, 2.45) is 5.92 Å². The van der Waals surface area contributed by atoms with Gasteiger partial charge in [0.15, 0.2) is 0 Å². The molecule has 0 aromatic carbocycles. The minimum atomic E-state index is 0.270. The minimum absolute atomic E-state index is 0.270. The van der Waals surface area contributed by atoms with Crippen LogP contribution < -0.4 is 5.32 Å². The summed E-state index contributed by atoms with van der Waals surface area (Å²) in [6.45, 7) is 4.91. The van der Waals surface area contributed by atoms with Gasteiger partial charge in [0.1, 0.15) is 0 Å². The SMILES string of the molecule is Cc1ccsc1CN(C)C(=O)CC1CCNC1. The van der Waals surface area contributed by atoms with Gasteiger partial charge in [0.05, 0.1) is 6.54 Å². The molecule has 1 aliphatic rings. The molecule has 1 amide bonds. The molecule has 1 aliphatic heterocycles. The van der Waals surface area contributed by atoms with Crippen molar-refractivity contribution in [2.45, 2.75) is 26.3 Å². The second kappa shape index (κ2) is 5.65. The summed E-state index contributed by atoms with van der Waals surface area (Å²) < 4.78 is 0. The predicted octanol–water partition coefficient (Wildman–Crippen LogP) is 2.01. The molecular weight excluding hydrogens is 232 g/mol. The van der Waals surface area contributed by atoms with Crippen LogP contribution in [0.4, 0.5) is 0 Å². The molecule has 2 rings (SSSR count). The maximum absolute atomic E-state index is 12.0. The van der Waals surface area contributed by atoms with Crippen LogP contribution in [0.15, 0.2) is 11.4 Å². The molecule has 1 unspecified atom stereocenters. The second-order valence-electron chi connectivity index (χ2n) is 4.84. The standard InChI is InChI=1S/C13H20N2OS/c1-10-4-6-17-12(10)9-15(2)13(16)7-11-3-5-14-8-11/h4,6,11,14H,3,5,7-9H2,1-2H3. The topological polar surface area (TPSA) is 32.3 Å². The Labute approximate surface area is 107 Å². The van der Waals surface area contributed by atoms with Gasteiger partial charge in [-0.2, -0.15) is 0 Å². The highest BCUT2D eigenvalue weighted by atomic mass is 32.1. The van der Waals surface area contributed by atoms with Crippen LogP contribution in [0.1, 0.15) is 23.3 Å². The van der Waals surface area contributed by atoms with Crippen LogP contribution in [0.5, 0.6) is 0 Å². The molecule has 1 saturated heterocycles. The van der Waals surface area contributed by atoms with E-state index < -0.39 is 0 Å². The molecule has 17 heavy (non-hydrogen) atoms. The van der Waals surface area contributed by atoms with Crippen LogP contribution >= 0.6 is 11.3 Å². The first-order chi connectivity index (χ1) is 8.16. The first kappa shape index (κ1) is 12.6. The van der Waals surface area contributed by atoms with E-state index in [9.17, 15) is 4.79 Å². The summed E-state index contributed by atoms with van der Waals surface area (Å²) in [5, 5.41) is 5.39. The molecule has 94 valence electrons. The van der Waals surface area contributed by atoms with Crippen molar-refractivity contribution in [1.29, 1.82) is 0 Å². The van der Waals surface area contributed by atoms with Gasteiger partial charge in [-0.1, -0.05) is 0 Å².